The molecular formula is C29H24F3N5O5S. The van der Waals surface area contributed by atoms with Crippen LogP contribution in [0.15, 0.2) is 76.7 Å². The number of hydrogen-bond donors (Lipinski definition) is 2. The highest BCUT2D eigenvalue weighted by Gasteiger charge is 2.27. The zero-order valence-corrected chi connectivity index (χ0v) is 23.4. The number of ketones is 1. The summed E-state index contributed by atoms with van der Waals surface area (Å²) in [7, 11) is -4.94. The minimum atomic E-state index is -4.94. The summed E-state index contributed by atoms with van der Waals surface area (Å²) in [4.78, 5) is 45.1. The van der Waals surface area contributed by atoms with E-state index >= 15 is 0 Å². The number of carbonyl (C=O) groups is 2. The molecule has 10 nitrogen and oxygen atoms in total. The van der Waals surface area contributed by atoms with Crippen molar-refractivity contribution in [3.05, 3.63) is 94.8 Å². The van der Waals surface area contributed by atoms with Crippen LogP contribution in [0, 0.1) is 17.5 Å². The number of aromatic amines is 1. The molecule has 3 heterocycles. The molecule has 2 N–H and O–H groups in total. The number of amides is 1. The summed E-state index contributed by atoms with van der Waals surface area (Å²) in [6.07, 6.45) is 5.51. The molecule has 1 aliphatic heterocycles. The first kappa shape index (κ1) is 29.5. The number of nitrogens with zero attached hydrogens (tertiary/aromatic N) is 3. The highest BCUT2D eigenvalue weighted by Crippen LogP contribution is 2.31. The van der Waals surface area contributed by atoms with Gasteiger partial charge < -0.3 is 14.8 Å². The van der Waals surface area contributed by atoms with Crippen molar-refractivity contribution < 1.29 is 31.2 Å². The fraction of sp³-hybridized carbons (Fsp3) is 0.172. The molecule has 222 valence electrons. The third-order valence-corrected chi connectivity index (χ3v) is 8.24. The second kappa shape index (κ2) is 11.7. The minimum absolute atomic E-state index is 0.214. The average molecular weight is 612 g/mol. The number of H-pyrrole nitrogens is 1. The van der Waals surface area contributed by atoms with Crippen molar-refractivity contribution in [3.8, 4) is 11.1 Å². The first-order valence-corrected chi connectivity index (χ1v) is 14.4. The van der Waals surface area contributed by atoms with Crippen molar-refractivity contribution in [2.45, 2.75) is 11.8 Å². The van der Waals surface area contributed by atoms with E-state index in [-0.39, 0.29) is 23.8 Å². The Labute approximate surface area is 243 Å². The van der Waals surface area contributed by atoms with Crippen LogP contribution in [0.25, 0.3) is 22.0 Å². The third kappa shape index (κ3) is 6.28. The zero-order chi connectivity index (χ0) is 30.9. The predicted octanol–water partition coefficient (Wildman–Crippen LogP) is 3.60. The van der Waals surface area contributed by atoms with Crippen LogP contribution in [-0.2, 0) is 19.6 Å². The van der Waals surface area contributed by atoms with Gasteiger partial charge in [0.25, 0.3) is 15.6 Å². The van der Waals surface area contributed by atoms with Crippen molar-refractivity contribution in [1.82, 2.24) is 14.9 Å². The van der Waals surface area contributed by atoms with Crippen molar-refractivity contribution in [1.29, 1.82) is 0 Å². The molecule has 14 heteroatoms. The molecule has 0 bridgehead atoms. The van der Waals surface area contributed by atoms with Crippen LogP contribution in [0.4, 0.5) is 24.5 Å². The number of halogens is 3. The number of allylic oxidation sites excluding steroid dienone is 1. The zero-order valence-electron chi connectivity index (χ0n) is 22.6. The number of pyridine rings is 2. The number of sulfonamides is 1. The lowest BCUT2D eigenvalue weighted by Gasteiger charge is -2.36. The molecule has 2 aromatic carbocycles. The number of carbonyl (C=O) groups excluding carboxylic acids is 2. The molecule has 4 aromatic rings. The Balaban J connectivity index is 1.43. The molecule has 5 rings (SSSR count). The van der Waals surface area contributed by atoms with E-state index < -0.39 is 43.6 Å². The summed E-state index contributed by atoms with van der Waals surface area (Å²) in [5.74, 6) is -5.05. The lowest BCUT2D eigenvalue weighted by atomic mass is 10.0. The van der Waals surface area contributed by atoms with Gasteiger partial charge in [-0.15, -0.1) is 0 Å². The molecule has 2 aromatic heterocycles. The Morgan fingerprint density at radius 1 is 0.953 bits per heavy atom. The van der Waals surface area contributed by atoms with Gasteiger partial charge in [0.05, 0.1) is 5.52 Å². The van der Waals surface area contributed by atoms with Gasteiger partial charge in [0.15, 0.2) is 10.7 Å². The number of benzene rings is 2. The second-order valence-electron chi connectivity index (χ2n) is 9.75. The van der Waals surface area contributed by atoms with Gasteiger partial charge in [-0.1, -0.05) is 6.07 Å². The molecule has 0 spiro atoms. The van der Waals surface area contributed by atoms with Gasteiger partial charge in [0.2, 0.25) is 5.91 Å². The molecule has 0 unspecified atom stereocenters. The molecule has 1 fully saturated rings. The van der Waals surface area contributed by atoms with Crippen LogP contribution in [-0.4, -0.2) is 61.2 Å². The lowest BCUT2D eigenvalue weighted by Crippen LogP contribution is -2.48. The minimum Gasteiger partial charge on any atom is -0.367 e. The van der Waals surface area contributed by atoms with Crippen molar-refractivity contribution in [2.75, 3.05) is 35.8 Å². The summed E-state index contributed by atoms with van der Waals surface area (Å²) in [5.41, 5.74) is 1.07. The maximum Gasteiger partial charge on any atom is 0.272 e. The highest BCUT2D eigenvalue weighted by atomic mass is 32.2. The van der Waals surface area contributed by atoms with Crippen LogP contribution in [0.2, 0.25) is 0 Å². The van der Waals surface area contributed by atoms with E-state index in [0.717, 1.165) is 11.1 Å². The van der Waals surface area contributed by atoms with E-state index in [4.69, 9.17) is 0 Å². The molecule has 0 aliphatic carbocycles. The standard InChI is InChI=1S/C29H24F3N5O5S/c1-17(38)2-5-27(39)37-10-8-36(9-11-37)26-6-7-33-24-4-3-18(12-21(24)26)19-13-25(29(40)34-16-19)35-43(41,42)28-22(31)14-20(30)15-23(28)32/h2-7,12-16,35H,8-11H2,1H3,(H,34,40). The van der Waals surface area contributed by atoms with Gasteiger partial charge in [0.1, 0.15) is 23.1 Å². The number of anilines is 2. The quantitative estimate of drug-likeness (QED) is 0.305. The number of fused-ring (bicyclic) bond motifs is 1. The monoisotopic (exact) mass is 611 g/mol. The molecule has 0 atom stereocenters. The van der Waals surface area contributed by atoms with Gasteiger partial charge in [-0.05, 0) is 42.8 Å². The number of hydrogen-bond acceptors (Lipinski definition) is 7. The number of piperazine rings is 1. The largest absolute Gasteiger partial charge is 0.367 e. The van der Waals surface area contributed by atoms with E-state index in [9.17, 15) is 36.0 Å². The van der Waals surface area contributed by atoms with E-state index in [0.29, 0.717) is 42.8 Å². The number of rotatable bonds is 7. The SMILES string of the molecule is CC(=O)C=CC(=O)N1CCN(c2ccnc3ccc(-c4c[nH]c(=O)c(NS(=O)(=O)c5c(F)cc(F)cc5F)c4)cc23)CC1. The maximum atomic E-state index is 14.2. The van der Waals surface area contributed by atoms with Crippen LogP contribution in [0.3, 0.4) is 0 Å². The topological polar surface area (TPSA) is 133 Å². The first-order chi connectivity index (χ1) is 20.4. The molecule has 1 aliphatic rings. The number of aromatic nitrogens is 2. The van der Waals surface area contributed by atoms with E-state index in [2.05, 4.69) is 14.9 Å². The van der Waals surface area contributed by atoms with Gasteiger partial charge in [-0.2, -0.15) is 0 Å². The maximum absolute atomic E-state index is 14.2. The van der Waals surface area contributed by atoms with E-state index in [1.165, 1.54) is 31.3 Å². The van der Waals surface area contributed by atoms with Crippen LogP contribution in [0.5, 0.6) is 0 Å². The third-order valence-electron chi connectivity index (χ3n) is 6.82. The second-order valence-corrected chi connectivity index (χ2v) is 11.4. The molecule has 0 radical (unpaired) electrons. The Hall–Kier alpha value is -4.98. The Morgan fingerprint density at radius 2 is 1.65 bits per heavy atom. The molecule has 0 saturated carbocycles. The van der Waals surface area contributed by atoms with Crippen LogP contribution >= 0.6 is 0 Å². The average Bonchev–Trinajstić information content (AvgIpc) is 2.95. The smallest absolute Gasteiger partial charge is 0.272 e. The predicted molar refractivity (Wildman–Crippen MR) is 154 cm³/mol. The summed E-state index contributed by atoms with van der Waals surface area (Å²) >= 11 is 0. The van der Waals surface area contributed by atoms with E-state index in [1.807, 2.05) is 10.8 Å². The van der Waals surface area contributed by atoms with Crippen LogP contribution in [0.1, 0.15) is 6.92 Å². The van der Waals surface area contributed by atoms with Crippen molar-refractivity contribution >= 4 is 44.0 Å². The summed E-state index contributed by atoms with van der Waals surface area (Å²) < 4.78 is 69.1. The van der Waals surface area contributed by atoms with Crippen LogP contribution < -0.4 is 15.2 Å². The summed E-state index contributed by atoms with van der Waals surface area (Å²) in [6, 6.07) is 8.76. The Morgan fingerprint density at radius 3 is 2.33 bits per heavy atom. The fourth-order valence-corrected chi connectivity index (χ4v) is 5.93. The molecule has 1 amide bonds. The van der Waals surface area contributed by atoms with Gasteiger partial charge >= 0.3 is 0 Å². The lowest BCUT2D eigenvalue weighted by molar-refractivity contribution is -0.126. The van der Waals surface area contributed by atoms with Crippen molar-refractivity contribution in [3.63, 3.8) is 0 Å². The molecule has 43 heavy (non-hydrogen) atoms. The number of nitrogens with one attached hydrogen (secondary N) is 2. The first-order valence-electron chi connectivity index (χ1n) is 12.9. The summed E-state index contributed by atoms with van der Waals surface area (Å²) in [6.45, 7) is 3.27. The molecular weight excluding hydrogens is 587 g/mol. The van der Waals surface area contributed by atoms with Crippen molar-refractivity contribution in [2.24, 2.45) is 0 Å². The highest BCUT2D eigenvalue weighted by molar-refractivity contribution is 7.92. The van der Waals surface area contributed by atoms with Gasteiger partial charge in [0, 0.05) is 73.4 Å². The van der Waals surface area contributed by atoms with E-state index in [1.54, 1.807) is 29.3 Å². The fourth-order valence-electron chi connectivity index (χ4n) is 4.76. The van der Waals surface area contributed by atoms with Gasteiger partial charge in [-0.25, -0.2) is 21.6 Å². The molecule has 1 saturated heterocycles. The normalized spacial score (nSPS) is 14.0. The Kier molecular flexibility index (Phi) is 8.04. The van der Waals surface area contributed by atoms with Gasteiger partial charge in [-0.3, -0.25) is 24.1 Å². The summed E-state index contributed by atoms with van der Waals surface area (Å²) in [5, 5.41) is 0.750. The Bertz CT molecular complexity index is 1930.